The van der Waals surface area contributed by atoms with Crippen LogP contribution in [0.2, 0.25) is 0 Å². The summed E-state index contributed by atoms with van der Waals surface area (Å²) in [6.07, 6.45) is -1.18. The second kappa shape index (κ2) is 9.07. The molecule has 1 amide bonds. The quantitative estimate of drug-likeness (QED) is 0.343. The summed E-state index contributed by atoms with van der Waals surface area (Å²) >= 11 is 0. The number of nitrogens with two attached hydrogens (primary N) is 1. The molecule has 10 nitrogen and oxygen atoms in total. The molecule has 2 fully saturated rings. The minimum atomic E-state index is -2.77. The van der Waals surface area contributed by atoms with Crippen LogP contribution in [0.3, 0.4) is 0 Å². The van der Waals surface area contributed by atoms with Crippen LogP contribution in [-0.2, 0) is 27.3 Å². The lowest BCUT2D eigenvalue weighted by Crippen LogP contribution is -2.65. The Labute approximate surface area is 232 Å². The van der Waals surface area contributed by atoms with Gasteiger partial charge in [-0.25, -0.2) is 8.78 Å². The number of aliphatic hydroxyl groups is 3. The van der Waals surface area contributed by atoms with Crippen molar-refractivity contribution in [3.63, 3.8) is 0 Å². The largest absolute Gasteiger partial charge is 0.508 e. The number of likely N-dealkylation sites (tertiary alicyclic amines) is 1. The average Bonchev–Trinajstić information content (AvgIpc) is 2.88. The third kappa shape index (κ3) is 3.67. The zero-order chi connectivity index (χ0) is 29.7. The summed E-state index contributed by atoms with van der Waals surface area (Å²) in [6, 6.07) is 3.50. The number of aromatic hydroxyl groups is 1. The van der Waals surface area contributed by atoms with E-state index in [9.17, 15) is 39.2 Å². The molecule has 41 heavy (non-hydrogen) atoms. The number of carbonyl (C=O) groups is 3. The lowest BCUT2D eigenvalue weighted by atomic mass is 9.57. The molecular weight excluding hydrogens is 540 g/mol. The molecule has 1 saturated heterocycles. The number of primary amides is 1. The predicted octanol–water partition coefficient (Wildman–Crippen LogP) is 1.41. The van der Waals surface area contributed by atoms with Gasteiger partial charge >= 0.3 is 0 Å². The van der Waals surface area contributed by atoms with Crippen molar-refractivity contribution < 1.29 is 43.6 Å². The van der Waals surface area contributed by atoms with Crippen molar-refractivity contribution >= 4 is 34.0 Å². The molecule has 216 valence electrons. The smallest absolute Gasteiger partial charge is 0.255 e. The van der Waals surface area contributed by atoms with E-state index in [1.807, 2.05) is 4.90 Å². The number of amides is 1. The number of aliphatic hydroxyl groups excluding tert-OH is 2. The number of benzene rings is 2. The number of hydrogen-bond donors (Lipinski definition) is 5. The first kappa shape index (κ1) is 27.3. The molecule has 4 aliphatic rings. The van der Waals surface area contributed by atoms with Gasteiger partial charge in [0.25, 0.3) is 5.91 Å². The Balaban J connectivity index is 1.51. The van der Waals surface area contributed by atoms with Crippen molar-refractivity contribution in [2.75, 3.05) is 27.2 Å². The number of likely N-dealkylation sites (N-methyl/N-ethyl adjacent to an activating group) is 1. The maximum Gasteiger partial charge on any atom is 0.255 e. The highest BCUT2D eigenvalue weighted by Crippen LogP contribution is 2.53. The zero-order valence-electron chi connectivity index (χ0n) is 22.3. The van der Waals surface area contributed by atoms with E-state index < -0.39 is 75.8 Å². The van der Waals surface area contributed by atoms with Gasteiger partial charge in [-0.2, -0.15) is 0 Å². The summed E-state index contributed by atoms with van der Waals surface area (Å²) in [5, 5.41) is 45.4. The van der Waals surface area contributed by atoms with Crippen LogP contribution in [0.5, 0.6) is 5.75 Å². The van der Waals surface area contributed by atoms with E-state index >= 15 is 4.39 Å². The van der Waals surface area contributed by atoms with Crippen molar-refractivity contribution in [1.29, 1.82) is 0 Å². The third-order valence-corrected chi connectivity index (χ3v) is 9.01. The highest BCUT2D eigenvalue weighted by molar-refractivity contribution is 6.24. The number of carbonyl (C=O) groups excluding carboxylic acids is 3. The summed E-state index contributed by atoms with van der Waals surface area (Å²) in [5.41, 5.74) is 1.65. The molecule has 1 heterocycles. The average molecular weight is 570 g/mol. The Morgan fingerprint density at radius 1 is 1.17 bits per heavy atom. The summed E-state index contributed by atoms with van der Waals surface area (Å²) in [7, 11) is 3.01. The number of ketones is 2. The van der Waals surface area contributed by atoms with Gasteiger partial charge in [-0.05, 0) is 44.5 Å². The summed E-state index contributed by atoms with van der Waals surface area (Å²) < 4.78 is 29.2. The van der Waals surface area contributed by atoms with E-state index in [2.05, 4.69) is 0 Å². The van der Waals surface area contributed by atoms with Gasteiger partial charge in [-0.3, -0.25) is 24.2 Å². The minimum Gasteiger partial charge on any atom is -0.508 e. The number of hydrogen-bond acceptors (Lipinski definition) is 9. The Morgan fingerprint density at radius 2 is 1.85 bits per heavy atom. The van der Waals surface area contributed by atoms with Gasteiger partial charge in [-0.15, -0.1) is 0 Å². The first-order valence-corrected chi connectivity index (χ1v) is 13.2. The third-order valence-electron chi connectivity index (χ3n) is 9.01. The van der Waals surface area contributed by atoms with Crippen LogP contribution >= 0.6 is 0 Å². The highest BCUT2D eigenvalue weighted by atomic mass is 19.1. The van der Waals surface area contributed by atoms with Crippen LogP contribution in [0.15, 0.2) is 35.1 Å². The van der Waals surface area contributed by atoms with Crippen molar-refractivity contribution in [1.82, 2.24) is 9.80 Å². The molecule has 0 spiro atoms. The minimum absolute atomic E-state index is 0.0311. The van der Waals surface area contributed by atoms with E-state index in [-0.39, 0.29) is 53.4 Å². The van der Waals surface area contributed by atoms with Crippen LogP contribution in [0.4, 0.5) is 8.78 Å². The summed E-state index contributed by atoms with van der Waals surface area (Å²) in [5.74, 6) is -8.58. The van der Waals surface area contributed by atoms with Crippen LogP contribution in [0.1, 0.15) is 23.1 Å². The van der Waals surface area contributed by atoms with Crippen LogP contribution in [0, 0.1) is 17.7 Å². The lowest BCUT2D eigenvalue weighted by Gasteiger charge is -2.50. The second-order valence-corrected chi connectivity index (χ2v) is 11.6. The van der Waals surface area contributed by atoms with E-state index in [4.69, 9.17) is 5.73 Å². The van der Waals surface area contributed by atoms with Gasteiger partial charge in [0.2, 0.25) is 5.78 Å². The topological polar surface area (TPSA) is 165 Å². The van der Waals surface area contributed by atoms with Crippen LogP contribution in [-0.4, -0.2) is 92.7 Å². The fourth-order valence-corrected chi connectivity index (χ4v) is 7.10. The molecule has 4 atom stereocenters. The molecule has 2 aromatic carbocycles. The molecule has 0 bridgehead atoms. The first-order valence-electron chi connectivity index (χ1n) is 13.2. The number of phenols is 1. The van der Waals surface area contributed by atoms with Crippen molar-refractivity contribution in [2.45, 2.75) is 37.2 Å². The maximum absolute atomic E-state index is 16.0. The van der Waals surface area contributed by atoms with Gasteiger partial charge in [0.1, 0.15) is 34.8 Å². The van der Waals surface area contributed by atoms with Gasteiger partial charge in [0, 0.05) is 47.5 Å². The van der Waals surface area contributed by atoms with Gasteiger partial charge < -0.3 is 26.2 Å². The molecule has 1 saturated carbocycles. The second-order valence-electron chi connectivity index (χ2n) is 11.6. The van der Waals surface area contributed by atoms with E-state index in [1.165, 1.54) is 31.1 Å². The predicted molar refractivity (Wildman–Crippen MR) is 142 cm³/mol. The molecule has 2 aromatic rings. The van der Waals surface area contributed by atoms with E-state index in [0.29, 0.717) is 12.1 Å². The molecule has 6 N–H and O–H groups in total. The number of Topliss-reactive ketones (excluding diaryl/α,β-unsaturated/α-hetero) is 2. The molecule has 6 rings (SSSR count). The Morgan fingerprint density at radius 3 is 2.46 bits per heavy atom. The molecule has 0 aromatic heterocycles. The SMILES string of the molecule is CN(C)[C@@H]1C(=O)C(C(N)=O)=C(O)[C@@]2(O)C(=O)C3=C(O)c4c(c(F)c5ccc(CN6CC(F)C6)cc5c4O)C[C@H]3C[C@@H]12. The first-order chi connectivity index (χ1) is 19.3. The number of phenolic OH excluding ortho intramolecular Hbond substituents is 1. The summed E-state index contributed by atoms with van der Waals surface area (Å²) in [6.45, 7) is 0.903. The molecule has 12 heteroatoms. The van der Waals surface area contributed by atoms with Crippen molar-refractivity contribution in [3.8, 4) is 5.75 Å². The maximum atomic E-state index is 16.0. The molecule has 3 aliphatic carbocycles. The van der Waals surface area contributed by atoms with Gasteiger partial charge in [0.15, 0.2) is 11.4 Å². The number of halogens is 2. The molecule has 0 unspecified atom stereocenters. The zero-order valence-corrected chi connectivity index (χ0v) is 22.3. The highest BCUT2D eigenvalue weighted by Gasteiger charge is 2.64. The molecule has 0 radical (unpaired) electrons. The fourth-order valence-electron chi connectivity index (χ4n) is 7.10. The molecule has 1 aliphatic heterocycles. The number of rotatable bonds is 4. The molecular formula is C29H29F2N3O7. The Hall–Kier alpha value is -3.87. The van der Waals surface area contributed by atoms with Crippen molar-refractivity contribution in [3.05, 3.63) is 57.6 Å². The number of nitrogens with zero attached hydrogens (tertiary/aromatic N) is 2. The fraction of sp³-hybridized carbons (Fsp3) is 0.414. The van der Waals surface area contributed by atoms with Gasteiger partial charge in [0.05, 0.1) is 11.6 Å². The van der Waals surface area contributed by atoms with Crippen molar-refractivity contribution in [2.24, 2.45) is 17.6 Å². The van der Waals surface area contributed by atoms with Crippen LogP contribution in [0.25, 0.3) is 16.5 Å². The van der Waals surface area contributed by atoms with E-state index in [1.54, 1.807) is 6.07 Å². The number of fused-ring (bicyclic) bond motifs is 4. The lowest BCUT2D eigenvalue weighted by molar-refractivity contribution is -0.153. The summed E-state index contributed by atoms with van der Waals surface area (Å²) in [4.78, 5) is 42.4. The monoisotopic (exact) mass is 569 g/mol. The Kier molecular flexibility index (Phi) is 6.04. The van der Waals surface area contributed by atoms with Crippen LogP contribution < -0.4 is 5.73 Å². The van der Waals surface area contributed by atoms with E-state index in [0.717, 1.165) is 0 Å². The number of alkyl halides is 1. The normalized spacial score (nSPS) is 28.6. The Bertz CT molecular complexity index is 1630. The standard InChI is InChI=1S/C29H29F2N3O7/c1-33(2)22-17-7-12-6-16-19(24(36)18(12)26(38)29(17,41)27(39)20(25(22)37)28(32)40)23(35)15-5-11(3-4-14(15)21(16)31)8-34-9-13(30)10-34/h3-5,12-13,17,22,35-36,39,41H,6-10H2,1-2H3,(H2,32,40)/t12-,17-,22-,29-/m0/s1. The van der Waals surface area contributed by atoms with Gasteiger partial charge in [-0.1, -0.05) is 12.1 Å².